The molecule has 7 heteroatoms. The van der Waals surface area contributed by atoms with Gasteiger partial charge in [-0.15, -0.1) is 0 Å². The van der Waals surface area contributed by atoms with Crippen LogP contribution in [0.15, 0.2) is 60.8 Å². The maximum absolute atomic E-state index is 11.3. The van der Waals surface area contributed by atoms with Crippen molar-refractivity contribution in [2.45, 2.75) is 26.2 Å². The summed E-state index contributed by atoms with van der Waals surface area (Å²) in [5.41, 5.74) is 9.56. The van der Waals surface area contributed by atoms with Crippen molar-refractivity contribution in [3.05, 3.63) is 72.1 Å². The van der Waals surface area contributed by atoms with Crippen molar-refractivity contribution in [1.82, 2.24) is 14.5 Å². The number of carbonyl (C=O) groups excluding carboxylic acids is 1. The van der Waals surface area contributed by atoms with Crippen LogP contribution in [0.3, 0.4) is 0 Å². The molecule has 4 aromatic rings. The molecular weight excluding hydrogens is 390 g/mol. The van der Waals surface area contributed by atoms with Gasteiger partial charge in [-0.25, -0.2) is 4.98 Å². The second kappa shape index (κ2) is 7.75. The van der Waals surface area contributed by atoms with Crippen molar-refractivity contribution in [1.29, 1.82) is 0 Å². The maximum atomic E-state index is 11.3. The maximum Gasteiger partial charge on any atom is 0.267 e. The minimum absolute atomic E-state index is 0.111. The molecule has 0 saturated carbocycles. The monoisotopic (exact) mass is 415 g/mol. The molecule has 0 atom stereocenters. The third-order valence-electron chi connectivity index (χ3n) is 5.08. The number of fused-ring (bicyclic) bond motifs is 1. The van der Waals surface area contributed by atoms with Crippen LogP contribution in [0.25, 0.3) is 11.0 Å². The fourth-order valence-corrected chi connectivity index (χ4v) is 3.28. The van der Waals surface area contributed by atoms with E-state index in [0.717, 1.165) is 22.7 Å². The van der Waals surface area contributed by atoms with Crippen LogP contribution in [0.1, 0.15) is 36.8 Å². The quantitative estimate of drug-likeness (QED) is 0.483. The first-order valence-electron chi connectivity index (χ1n) is 9.98. The third kappa shape index (κ3) is 4.35. The Balaban J connectivity index is 1.58. The Hall–Kier alpha value is -3.87. The number of benzene rings is 2. The van der Waals surface area contributed by atoms with Gasteiger partial charge in [0.25, 0.3) is 5.91 Å². The Morgan fingerprint density at radius 1 is 1.03 bits per heavy atom. The number of aryl methyl sites for hydroxylation is 1. The average molecular weight is 415 g/mol. The van der Waals surface area contributed by atoms with Crippen LogP contribution in [0.5, 0.6) is 11.5 Å². The van der Waals surface area contributed by atoms with Crippen molar-refractivity contribution < 1.29 is 9.53 Å². The number of nitrogens with two attached hydrogens (primary N) is 1. The fourth-order valence-electron chi connectivity index (χ4n) is 3.28. The van der Waals surface area contributed by atoms with Gasteiger partial charge in [-0.1, -0.05) is 32.9 Å². The number of primary amides is 1. The normalized spacial score (nSPS) is 11.5. The zero-order valence-electron chi connectivity index (χ0n) is 18.0. The predicted molar refractivity (Wildman–Crippen MR) is 122 cm³/mol. The van der Waals surface area contributed by atoms with Crippen LogP contribution in [-0.4, -0.2) is 20.4 Å². The first-order chi connectivity index (χ1) is 14.7. The van der Waals surface area contributed by atoms with Gasteiger partial charge < -0.3 is 20.4 Å². The van der Waals surface area contributed by atoms with Crippen LogP contribution in [0.2, 0.25) is 0 Å². The van der Waals surface area contributed by atoms with Crippen LogP contribution in [0.4, 0.5) is 11.6 Å². The van der Waals surface area contributed by atoms with Gasteiger partial charge in [0.15, 0.2) is 0 Å². The van der Waals surface area contributed by atoms with E-state index in [2.05, 4.69) is 55.3 Å². The van der Waals surface area contributed by atoms with E-state index in [4.69, 9.17) is 15.5 Å². The number of imidazole rings is 1. The number of rotatable bonds is 5. The largest absolute Gasteiger partial charge is 0.457 e. The molecule has 0 bridgehead atoms. The molecule has 2 aromatic heterocycles. The number of hydrogen-bond donors (Lipinski definition) is 2. The minimum Gasteiger partial charge on any atom is -0.457 e. The molecule has 0 aliphatic carbocycles. The highest BCUT2D eigenvalue weighted by atomic mass is 16.5. The zero-order valence-corrected chi connectivity index (χ0v) is 18.0. The van der Waals surface area contributed by atoms with Crippen LogP contribution < -0.4 is 15.8 Å². The molecule has 0 unspecified atom stereocenters. The van der Waals surface area contributed by atoms with Gasteiger partial charge in [0.2, 0.25) is 5.95 Å². The number of ether oxygens (including phenoxy) is 1. The third-order valence-corrected chi connectivity index (χ3v) is 5.08. The summed E-state index contributed by atoms with van der Waals surface area (Å²) in [5.74, 6) is 1.22. The van der Waals surface area contributed by atoms with Crippen LogP contribution in [-0.2, 0) is 12.5 Å². The number of aromatic nitrogens is 3. The van der Waals surface area contributed by atoms with Crippen LogP contribution >= 0.6 is 0 Å². The highest BCUT2D eigenvalue weighted by molar-refractivity contribution is 5.91. The second-order valence-electron chi connectivity index (χ2n) is 8.44. The van der Waals surface area contributed by atoms with Crippen molar-refractivity contribution in [2.24, 2.45) is 12.8 Å². The lowest BCUT2D eigenvalue weighted by molar-refractivity contribution is 0.0995. The summed E-state index contributed by atoms with van der Waals surface area (Å²) < 4.78 is 7.87. The summed E-state index contributed by atoms with van der Waals surface area (Å²) in [6.07, 6.45) is 1.49. The SMILES string of the molecule is Cn1c(Nc2ccc(C(C)(C)C)cc2)nc2cc(Oc3ccnc(C(N)=O)c3)ccc21. The highest BCUT2D eigenvalue weighted by Crippen LogP contribution is 2.29. The van der Waals surface area contributed by atoms with Gasteiger partial charge in [0.05, 0.1) is 11.0 Å². The van der Waals surface area contributed by atoms with Gasteiger partial charge in [0.1, 0.15) is 17.2 Å². The molecule has 158 valence electrons. The number of amides is 1. The molecule has 0 aliphatic heterocycles. The molecule has 2 heterocycles. The van der Waals surface area contributed by atoms with Crippen molar-refractivity contribution in [2.75, 3.05) is 5.32 Å². The number of nitrogens with one attached hydrogen (secondary N) is 1. The Bertz CT molecular complexity index is 1250. The highest BCUT2D eigenvalue weighted by Gasteiger charge is 2.14. The summed E-state index contributed by atoms with van der Waals surface area (Å²) in [4.78, 5) is 20.0. The molecule has 1 amide bonds. The second-order valence-corrected chi connectivity index (χ2v) is 8.44. The molecule has 0 aliphatic rings. The average Bonchev–Trinajstić information content (AvgIpc) is 3.02. The van der Waals surface area contributed by atoms with E-state index in [-0.39, 0.29) is 11.1 Å². The minimum atomic E-state index is -0.600. The van der Waals surface area contributed by atoms with E-state index in [9.17, 15) is 4.79 Å². The van der Waals surface area contributed by atoms with Gasteiger partial charge in [0, 0.05) is 31.1 Å². The molecule has 0 saturated heterocycles. The first kappa shape index (κ1) is 20.4. The van der Waals surface area contributed by atoms with E-state index in [1.54, 1.807) is 6.07 Å². The van der Waals surface area contributed by atoms with Crippen molar-refractivity contribution in [3.8, 4) is 11.5 Å². The molecule has 7 nitrogen and oxygen atoms in total. The molecule has 0 fully saturated rings. The molecular formula is C24H25N5O2. The predicted octanol–water partition coefficient (Wildman–Crippen LogP) is 4.90. The van der Waals surface area contributed by atoms with Gasteiger partial charge in [-0.3, -0.25) is 9.78 Å². The molecule has 0 spiro atoms. The topological polar surface area (TPSA) is 95.1 Å². The summed E-state index contributed by atoms with van der Waals surface area (Å²) in [7, 11) is 1.96. The number of anilines is 2. The molecule has 0 radical (unpaired) electrons. The zero-order chi connectivity index (χ0) is 22.2. The van der Waals surface area contributed by atoms with E-state index in [1.807, 2.05) is 29.8 Å². The Morgan fingerprint density at radius 2 is 1.74 bits per heavy atom. The Morgan fingerprint density at radius 3 is 2.42 bits per heavy atom. The molecule has 3 N–H and O–H groups in total. The van der Waals surface area contributed by atoms with Gasteiger partial charge in [-0.2, -0.15) is 0 Å². The smallest absolute Gasteiger partial charge is 0.267 e. The lowest BCUT2D eigenvalue weighted by Crippen LogP contribution is -2.12. The lowest BCUT2D eigenvalue weighted by Gasteiger charge is -2.19. The summed E-state index contributed by atoms with van der Waals surface area (Å²) >= 11 is 0. The van der Waals surface area contributed by atoms with E-state index in [1.165, 1.54) is 17.8 Å². The summed E-state index contributed by atoms with van der Waals surface area (Å²) in [6, 6.07) is 17.2. The van der Waals surface area contributed by atoms with Crippen molar-refractivity contribution in [3.63, 3.8) is 0 Å². The summed E-state index contributed by atoms with van der Waals surface area (Å²) in [6.45, 7) is 6.59. The van der Waals surface area contributed by atoms with Gasteiger partial charge >= 0.3 is 0 Å². The van der Waals surface area contributed by atoms with E-state index < -0.39 is 5.91 Å². The first-order valence-corrected chi connectivity index (χ1v) is 9.98. The Labute approximate surface area is 180 Å². The van der Waals surface area contributed by atoms with E-state index >= 15 is 0 Å². The number of nitrogens with zero attached hydrogens (tertiary/aromatic N) is 3. The van der Waals surface area contributed by atoms with E-state index in [0.29, 0.717) is 11.5 Å². The molecule has 31 heavy (non-hydrogen) atoms. The standard InChI is InChI=1S/C24H25N5O2/c1-24(2,3)15-5-7-16(8-6-15)27-23-28-19-13-17(9-10-21(19)29(23)4)31-18-11-12-26-20(14-18)22(25)30/h5-14H,1-4H3,(H2,25,30)(H,27,28). The molecule has 2 aromatic carbocycles. The number of pyridine rings is 1. The van der Waals surface area contributed by atoms with Crippen molar-refractivity contribution >= 4 is 28.6 Å². The van der Waals surface area contributed by atoms with Gasteiger partial charge in [-0.05, 0) is 41.3 Å². The Kier molecular flexibility index (Phi) is 5.10. The molecule has 4 rings (SSSR count). The lowest BCUT2D eigenvalue weighted by atomic mass is 9.87. The fraction of sp³-hybridized carbons (Fsp3) is 0.208. The number of hydrogen-bond acceptors (Lipinski definition) is 5. The van der Waals surface area contributed by atoms with Crippen LogP contribution in [0, 0.1) is 0 Å². The summed E-state index contributed by atoms with van der Waals surface area (Å²) in [5, 5.41) is 3.38. The number of carbonyl (C=O) groups is 1.